The van der Waals surface area contributed by atoms with Gasteiger partial charge in [0.2, 0.25) is 0 Å². The van der Waals surface area contributed by atoms with Crippen LogP contribution in [-0.4, -0.2) is 65.5 Å². The van der Waals surface area contributed by atoms with Gasteiger partial charge in [0, 0.05) is 44.9 Å². The molecule has 0 aromatic heterocycles. The number of carbonyl (C=O) groups excluding carboxylic acids is 2. The van der Waals surface area contributed by atoms with Crippen molar-refractivity contribution in [2.75, 3.05) is 38.5 Å². The molecule has 6 heteroatoms. The number of carbonyl (C=O) groups is 2. The molecule has 1 atom stereocenters. The number of hydrogen-bond donors (Lipinski definition) is 1. The van der Waals surface area contributed by atoms with Gasteiger partial charge in [-0.05, 0) is 12.0 Å². The van der Waals surface area contributed by atoms with E-state index in [4.69, 9.17) is 6.42 Å². The fraction of sp³-hybridized carbons (Fsp3) is 0.474. The van der Waals surface area contributed by atoms with Crippen molar-refractivity contribution in [2.45, 2.75) is 19.4 Å². The van der Waals surface area contributed by atoms with E-state index in [1.54, 1.807) is 6.92 Å². The zero-order chi connectivity index (χ0) is 18.1. The first-order chi connectivity index (χ1) is 12.1. The van der Waals surface area contributed by atoms with E-state index >= 15 is 0 Å². The monoisotopic (exact) mass is 359 g/mol. The minimum absolute atomic E-state index is 0.0644. The molecule has 5 nitrogen and oxygen atoms in total. The van der Waals surface area contributed by atoms with Gasteiger partial charge in [-0.25, -0.2) is 4.79 Å². The molecule has 1 aliphatic heterocycles. The Morgan fingerprint density at radius 3 is 2.52 bits per heavy atom. The molecular weight excluding hydrogens is 334 g/mol. The molecule has 0 saturated carbocycles. The van der Waals surface area contributed by atoms with Crippen molar-refractivity contribution in [3.63, 3.8) is 0 Å². The van der Waals surface area contributed by atoms with Crippen molar-refractivity contribution in [2.24, 2.45) is 0 Å². The van der Waals surface area contributed by atoms with Crippen molar-refractivity contribution in [1.29, 1.82) is 0 Å². The molecule has 1 aliphatic rings. The molecule has 134 valence electrons. The lowest BCUT2D eigenvalue weighted by Crippen LogP contribution is -2.54. The summed E-state index contributed by atoms with van der Waals surface area (Å²) in [6, 6.07) is 9.87. The number of nitrogens with one attached hydrogen (secondary N) is 1. The van der Waals surface area contributed by atoms with Gasteiger partial charge in [0.1, 0.15) is 0 Å². The first-order valence-corrected chi connectivity index (χ1v) is 9.45. The van der Waals surface area contributed by atoms with Crippen LogP contribution >= 0.6 is 11.8 Å². The summed E-state index contributed by atoms with van der Waals surface area (Å²) >= 11 is 1.25. The van der Waals surface area contributed by atoms with Crippen molar-refractivity contribution < 1.29 is 9.59 Å². The Kier molecular flexibility index (Phi) is 7.83. The van der Waals surface area contributed by atoms with Crippen molar-refractivity contribution >= 4 is 22.9 Å². The molecular formula is C19H25N3O2S. The molecule has 0 radical (unpaired) electrons. The summed E-state index contributed by atoms with van der Waals surface area (Å²) in [4.78, 5) is 27.9. The van der Waals surface area contributed by atoms with Crippen molar-refractivity contribution in [3.8, 4) is 12.3 Å². The SMILES string of the molecule is C#CCN1CCN(C(=O)NC(CSC(C)=O)Cc2ccccc2)CC1. The molecule has 1 aromatic rings. The van der Waals surface area contributed by atoms with Gasteiger partial charge in [-0.1, -0.05) is 48.0 Å². The zero-order valence-electron chi connectivity index (χ0n) is 14.6. The number of amides is 2. The summed E-state index contributed by atoms with van der Waals surface area (Å²) in [6.45, 7) is 5.11. The predicted octanol–water partition coefficient (Wildman–Crippen LogP) is 1.84. The molecule has 0 bridgehead atoms. The Bertz CT molecular complexity index is 607. The standard InChI is InChI=1S/C19H25N3O2S/c1-3-9-21-10-12-22(13-11-21)19(24)20-18(15-25-16(2)23)14-17-7-5-4-6-8-17/h1,4-8,18H,9-15H2,2H3,(H,20,24). The van der Waals surface area contributed by atoms with E-state index in [-0.39, 0.29) is 17.2 Å². The van der Waals surface area contributed by atoms with Gasteiger partial charge in [-0.15, -0.1) is 6.42 Å². The fourth-order valence-electron chi connectivity index (χ4n) is 2.77. The largest absolute Gasteiger partial charge is 0.334 e. The maximum Gasteiger partial charge on any atom is 0.317 e. The summed E-state index contributed by atoms with van der Waals surface area (Å²) in [7, 11) is 0. The number of rotatable bonds is 6. The van der Waals surface area contributed by atoms with E-state index in [9.17, 15) is 9.59 Å². The van der Waals surface area contributed by atoms with Crippen LogP contribution in [0.4, 0.5) is 4.79 Å². The highest BCUT2D eigenvalue weighted by Crippen LogP contribution is 2.11. The minimum Gasteiger partial charge on any atom is -0.334 e. The third-order valence-corrected chi connectivity index (χ3v) is 5.09. The number of benzene rings is 1. The third kappa shape index (κ3) is 6.81. The van der Waals surface area contributed by atoms with Crippen LogP contribution in [0.5, 0.6) is 0 Å². The Labute approximate surface area is 154 Å². The highest BCUT2D eigenvalue weighted by atomic mass is 32.2. The van der Waals surface area contributed by atoms with Crippen LogP contribution in [0.25, 0.3) is 0 Å². The number of hydrogen-bond acceptors (Lipinski definition) is 4. The molecule has 1 fully saturated rings. The van der Waals surface area contributed by atoms with Gasteiger partial charge in [0.15, 0.2) is 5.12 Å². The molecule has 1 heterocycles. The second-order valence-electron chi connectivity index (χ2n) is 6.11. The second kappa shape index (κ2) is 10.1. The summed E-state index contributed by atoms with van der Waals surface area (Å²) < 4.78 is 0. The number of nitrogens with zero attached hydrogens (tertiary/aromatic N) is 2. The Balaban J connectivity index is 1.90. The highest BCUT2D eigenvalue weighted by Gasteiger charge is 2.23. The van der Waals surface area contributed by atoms with E-state index < -0.39 is 0 Å². The highest BCUT2D eigenvalue weighted by molar-refractivity contribution is 8.13. The van der Waals surface area contributed by atoms with Crippen LogP contribution < -0.4 is 5.32 Å². The van der Waals surface area contributed by atoms with E-state index in [2.05, 4.69) is 16.1 Å². The Morgan fingerprint density at radius 2 is 1.92 bits per heavy atom. The van der Waals surface area contributed by atoms with Crippen LogP contribution in [0.1, 0.15) is 12.5 Å². The molecule has 2 rings (SSSR count). The first kappa shape index (κ1) is 19.4. The first-order valence-electron chi connectivity index (χ1n) is 8.47. The molecule has 1 unspecified atom stereocenters. The van der Waals surface area contributed by atoms with E-state index in [0.29, 0.717) is 31.8 Å². The van der Waals surface area contributed by atoms with Gasteiger partial charge >= 0.3 is 6.03 Å². The van der Waals surface area contributed by atoms with E-state index in [1.165, 1.54) is 11.8 Å². The van der Waals surface area contributed by atoms with Crippen LogP contribution in [0.2, 0.25) is 0 Å². The molecule has 1 saturated heterocycles. The quantitative estimate of drug-likeness (QED) is 0.788. The summed E-state index contributed by atoms with van der Waals surface area (Å²) in [5, 5.41) is 3.16. The smallest absolute Gasteiger partial charge is 0.317 e. The zero-order valence-corrected chi connectivity index (χ0v) is 15.4. The third-order valence-electron chi connectivity index (χ3n) is 4.11. The predicted molar refractivity (Wildman–Crippen MR) is 102 cm³/mol. The molecule has 0 spiro atoms. The maximum atomic E-state index is 12.6. The van der Waals surface area contributed by atoms with Crippen LogP contribution in [0.15, 0.2) is 30.3 Å². The lowest BCUT2D eigenvalue weighted by Gasteiger charge is -2.34. The van der Waals surface area contributed by atoms with E-state index in [1.807, 2.05) is 35.2 Å². The van der Waals surface area contributed by atoms with Crippen LogP contribution in [0.3, 0.4) is 0 Å². The maximum absolute atomic E-state index is 12.6. The summed E-state index contributed by atoms with van der Waals surface area (Å²) in [5.41, 5.74) is 1.15. The number of piperazine rings is 1. The van der Waals surface area contributed by atoms with E-state index in [0.717, 1.165) is 18.7 Å². The average molecular weight is 359 g/mol. The lowest BCUT2D eigenvalue weighted by molar-refractivity contribution is -0.109. The van der Waals surface area contributed by atoms with Gasteiger partial charge < -0.3 is 10.2 Å². The molecule has 1 N–H and O–H groups in total. The van der Waals surface area contributed by atoms with Crippen molar-refractivity contribution in [1.82, 2.24) is 15.1 Å². The van der Waals surface area contributed by atoms with Crippen LogP contribution in [0, 0.1) is 12.3 Å². The molecule has 1 aromatic carbocycles. The second-order valence-corrected chi connectivity index (χ2v) is 7.30. The normalized spacial score (nSPS) is 16.1. The fourth-order valence-corrected chi connectivity index (χ4v) is 3.41. The molecule has 25 heavy (non-hydrogen) atoms. The average Bonchev–Trinajstić information content (AvgIpc) is 2.61. The van der Waals surface area contributed by atoms with Gasteiger partial charge in [0.05, 0.1) is 6.54 Å². The lowest BCUT2D eigenvalue weighted by atomic mass is 10.1. The molecule has 0 aliphatic carbocycles. The number of thioether (sulfide) groups is 1. The minimum atomic E-state index is -0.0764. The summed E-state index contributed by atoms with van der Waals surface area (Å²) in [6.07, 6.45) is 6.05. The van der Waals surface area contributed by atoms with Crippen LogP contribution in [-0.2, 0) is 11.2 Å². The summed E-state index contributed by atoms with van der Waals surface area (Å²) in [5.74, 6) is 3.22. The molecule has 2 amide bonds. The van der Waals surface area contributed by atoms with Gasteiger partial charge in [-0.3, -0.25) is 9.69 Å². The van der Waals surface area contributed by atoms with Gasteiger partial charge in [-0.2, -0.15) is 0 Å². The number of terminal acetylenes is 1. The Morgan fingerprint density at radius 1 is 1.24 bits per heavy atom. The van der Waals surface area contributed by atoms with Crippen molar-refractivity contribution in [3.05, 3.63) is 35.9 Å². The Hall–Kier alpha value is -1.97. The van der Waals surface area contributed by atoms with Gasteiger partial charge in [0.25, 0.3) is 0 Å². The number of urea groups is 1. The topological polar surface area (TPSA) is 52.6 Å².